The summed E-state index contributed by atoms with van der Waals surface area (Å²) in [4.78, 5) is 21.1. The van der Waals surface area contributed by atoms with Gasteiger partial charge >= 0.3 is 5.97 Å². The van der Waals surface area contributed by atoms with Gasteiger partial charge in [-0.1, -0.05) is 6.07 Å². The van der Waals surface area contributed by atoms with Crippen LogP contribution in [0.25, 0.3) is 0 Å². The standard InChI is InChI=1S/C19H25FN4O3S.HI/c1-5-26-18(25)16-12(2)23-17(28-16)13(3)24-19(21-4)22-9-10-27-15-8-6-7-14(20)11-15;/h6-8,11,13H,5,9-10H2,1-4H3,(H2,21,22,24);1H. The molecule has 1 aromatic carbocycles. The molecule has 1 aromatic heterocycles. The Morgan fingerprint density at radius 1 is 1.41 bits per heavy atom. The number of thiazole rings is 1. The Labute approximate surface area is 191 Å². The van der Waals surface area contributed by atoms with Gasteiger partial charge in [0.2, 0.25) is 0 Å². The van der Waals surface area contributed by atoms with Crippen molar-refractivity contribution in [2.45, 2.75) is 26.8 Å². The van der Waals surface area contributed by atoms with Crippen LogP contribution in [0, 0.1) is 12.7 Å². The van der Waals surface area contributed by atoms with Crippen molar-refractivity contribution in [3.8, 4) is 5.75 Å². The molecule has 7 nitrogen and oxygen atoms in total. The molecule has 0 aliphatic carbocycles. The third kappa shape index (κ3) is 7.77. The van der Waals surface area contributed by atoms with Crippen LogP contribution < -0.4 is 15.4 Å². The lowest BCUT2D eigenvalue weighted by Gasteiger charge is -2.16. The summed E-state index contributed by atoms with van der Waals surface area (Å²) in [5.41, 5.74) is 0.651. The summed E-state index contributed by atoms with van der Waals surface area (Å²) in [6.07, 6.45) is 0. The number of ether oxygens (including phenoxy) is 2. The first kappa shape index (κ1) is 25.1. The first-order valence-corrected chi connectivity index (χ1v) is 9.76. The summed E-state index contributed by atoms with van der Waals surface area (Å²) < 4.78 is 23.7. The molecule has 2 rings (SSSR count). The van der Waals surface area contributed by atoms with Crippen LogP contribution in [-0.2, 0) is 4.74 Å². The van der Waals surface area contributed by atoms with E-state index in [9.17, 15) is 9.18 Å². The number of rotatable bonds is 8. The van der Waals surface area contributed by atoms with E-state index >= 15 is 0 Å². The Bertz CT molecular complexity index is 832. The molecule has 0 bridgehead atoms. The third-order valence-corrected chi connectivity index (χ3v) is 5.00. The number of carbonyl (C=O) groups is 1. The molecule has 0 spiro atoms. The maximum absolute atomic E-state index is 13.1. The van der Waals surface area contributed by atoms with Gasteiger partial charge in [0.25, 0.3) is 0 Å². The number of carbonyl (C=O) groups excluding carboxylic acids is 1. The van der Waals surface area contributed by atoms with Crippen molar-refractivity contribution in [3.63, 3.8) is 0 Å². The number of esters is 1. The Hall–Kier alpha value is -1.95. The van der Waals surface area contributed by atoms with E-state index in [1.165, 1.54) is 23.5 Å². The fourth-order valence-electron chi connectivity index (χ4n) is 2.35. The van der Waals surface area contributed by atoms with Gasteiger partial charge in [-0.3, -0.25) is 4.99 Å². The van der Waals surface area contributed by atoms with Gasteiger partial charge in [0.05, 0.1) is 24.9 Å². The number of aliphatic imine (C=N–C) groups is 1. The molecule has 2 N–H and O–H groups in total. The highest BCUT2D eigenvalue weighted by Crippen LogP contribution is 2.24. The minimum atomic E-state index is -0.354. The zero-order chi connectivity index (χ0) is 20.5. The maximum atomic E-state index is 13.1. The maximum Gasteiger partial charge on any atom is 0.350 e. The molecule has 1 atom stereocenters. The number of hydrogen-bond acceptors (Lipinski definition) is 6. The van der Waals surface area contributed by atoms with Crippen molar-refractivity contribution in [2.75, 3.05) is 26.8 Å². The molecule has 160 valence electrons. The Kier molecular flexibility index (Phi) is 10.9. The molecule has 0 saturated carbocycles. The molecule has 1 unspecified atom stereocenters. The molecule has 2 aromatic rings. The van der Waals surface area contributed by atoms with Gasteiger partial charge in [-0.25, -0.2) is 14.2 Å². The fourth-order valence-corrected chi connectivity index (χ4v) is 3.31. The van der Waals surface area contributed by atoms with Gasteiger partial charge in [0, 0.05) is 13.1 Å². The van der Waals surface area contributed by atoms with Gasteiger partial charge in [-0.2, -0.15) is 0 Å². The van der Waals surface area contributed by atoms with Crippen molar-refractivity contribution < 1.29 is 18.7 Å². The molecular weight excluding hydrogens is 510 g/mol. The van der Waals surface area contributed by atoms with E-state index in [4.69, 9.17) is 9.47 Å². The Balaban J connectivity index is 0.00000420. The molecule has 0 aliphatic heterocycles. The van der Waals surface area contributed by atoms with Gasteiger partial charge in [-0.05, 0) is 32.9 Å². The second-order valence-electron chi connectivity index (χ2n) is 5.86. The highest BCUT2D eigenvalue weighted by Gasteiger charge is 2.20. The third-order valence-electron chi connectivity index (χ3n) is 3.68. The van der Waals surface area contributed by atoms with E-state index < -0.39 is 0 Å². The minimum Gasteiger partial charge on any atom is -0.492 e. The first-order chi connectivity index (χ1) is 13.4. The Morgan fingerprint density at radius 2 is 2.17 bits per heavy atom. The largest absolute Gasteiger partial charge is 0.492 e. The van der Waals surface area contributed by atoms with Crippen LogP contribution in [0.2, 0.25) is 0 Å². The fraction of sp³-hybridized carbons (Fsp3) is 0.421. The van der Waals surface area contributed by atoms with Gasteiger partial charge in [-0.15, -0.1) is 35.3 Å². The van der Waals surface area contributed by atoms with Crippen molar-refractivity contribution in [3.05, 3.63) is 45.7 Å². The molecule has 0 aliphatic rings. The SMILES string of the molecule is CCOC(=O)c1sc(C(C)NC(=NC)NCCOc2cccc(F)c2)nc1C.I. The van der Waals surface area contributed by atoms with Crippen molar-refractivity contribution in [2.24, 2.45) is 4.99 Å². The van der Waals surface area contributed by atoms with E-state index in [1.807, 2.05) is 6.92 Å². The number of benzene rings is 1. The first-order valence-electron chi connectivity index (χ1n) is 8.94. The quantitative estimate of drug-likeness (QED) is 0.176. The zero-order valence-electron chi connectivity index (χ0n) is 16.8. The second-order valence-corrected chi connectivity index (χ2v) is 6.89. The average Bonchev–Trinajstić information content (AvgIpc) is 3.06. The molecule has 29 heavy (non-hydrogen) atoms. The van der Waals surface area contributed by atoms with E-state index in [-0.39, 0.29) is 41.8 Å². The van der Waals surface area contributed by atoms with Crippen molar-refractivity contribution in [1.29, 1.82) is 0 Å². The molecule has 0 radical (unpaired) electrons. The van der Waals surface area contributed by atoms with E-state index in [0.717, 1.165) is 5.01 Å². The summed E-state index contributed by atoms with van der Waals surface area (Å²) in [6.45, 7) is 6.65. The van der Waals surface area contributed by atoms with E-state index in [2.05, 4.69) is 20.6 Å². The van der Waals surface area contributed by atoms with Crippen LogP contribution in [0.3, 0.4) is 0 Å². The Morgan fingerprint density at radius 3 is 2.83 bits per heavy atom. The summed E-state index contributed by atoms with van der Waals surface area (Å²) in [5, 5.41) is 7.11. The summed E-state index contributed by atoms with van der Waals surface area (Å²) in [6, 6.07) is 5.85. The van der Waals surface area contributed by atoms with Gasteiger partial charge in [0.1, 0.15) is 28.1 Å². The number of guanidine groups is 1. The molecule has 10 heteroatoms. The average molecular weight is 536 g/mol. The van der Waals surface area contributed by atoms with Crippen LogP contribution in [0.1, 0.15) is 40.3 Å². The summed E-state index contributed by atoms with van der Waals surface area (Å²) >= 11 is 1.30. The predicted octanol–water partition coefficient (Wildman–Crippen LogP) is 3.69. The number of nitrogens with one attached hydrogen (secondary N) is 2. The highest BCUT2D eigenvalue weighted by atomic mass is 127. The lowest BCUT2D eigenvalue weighted by Crippen LogP contribution is -2.40. The van der Waals surface area contributed by atoms with Gasteiger partial charge in [0.15, 0.2) is 5.96 Å². The normalized spacial score (nSPS) is 12.0. The van der Waals surface area contributed by atoms with Crippen LogP contribution >= 0.6 is 35.3 Å². The number of halogens is 2. The van der Waals surface area contributed by atoms with Crippen LogP contribution in [0.5, 0.6) is 5.75 Å². The smallest absolute Gasteiger partial charge is 0.350 e. The lowest BCUT2D eigenvalue weighted by molar-refractivity contribution is 0.0531. The molecule has 1 heterocycles. The summed E-state index contributed by atoms with van der Waals surface area (Å²) in [7, 11) is 1.66. The second kappa shape index (κ2) is 12.6. The number of hydrogen-bond donors (Lipinski definition) is 2. The minimum absolute atomic E-state index is 0. The molecule has 0 saturated heterocycles. The number of aromatic nitrogens is 1. The molecule has 0 amide bonds. The van der Waals surface area contributed by atoms with Crippen LogP contribution in [-0.4, -0.2) is 43.7 Å². The molecular formula is C19H26FIN4O3S. The topological polar surface area (TPSA) is 84.8 Å². The molecule has 0 fully saturated rings. The number of aryl methyl sites for hydroxylation is 1. The predicted molar refractivity (Wildman–Crippen MR) is 123 cm³/mol. The van der Waals surface area contributed by atoms with E-state index in [0.29, 0.717) is 42.0 Å². The number of nitrogens with zero attached hydrogens (tertiary/aromatic N) is 2. The van der Waals surface area contributed by atoms with Gasteiger partial charge < -0.3 is 20.1 Å². The van der Waals surface area contributed by atoms with Crippen molar-refractivity contribution in [1.82, 2.24) is 15.6 Å². The van der Waals surface area contributed by atoms with Crippen LogP contribution in [0.4, 0.5) is 4.39 Å². The zero-order valence-corrected chi connectivity index (χ0v) is 20.0. The van der Waals surface area contributed by atoms with Crippen LogP contribution in [0.15, 0.2) is 29.3 Å². The van der Waals surface area contributed by atoms with Crippen molar-refractivity contribution >= 4 is 47.2 Å². The highest BCUT2D eigenvalue weighted by molar-refractivity contribution is 14.0. The van der Waals surface area contributed by atoms with E-state index in [1.54, 1.807) is 33.0 Å². The summed E-state index contributed by atoms with van der Waals surface area (Å²) in [5.74, 6) is 0.356. The lowest BCUT2D eigenvalue weighted by atomic mass is 10.3. The monoisotopic (exact) mass is 536 g/mol.